The van der Waals surface area contributed by atoms with Gasteiger partial charge in [0.25, 0.3) is 5.91 Å². The molecular formula is C24H17Cl2NO3S2. The van der Waals surface area contributed by atoms with E-state index < -0.39 is 0 Å². The van der Waals surface area contributed by atoms with Gasteiger partial charge in [0, 0.05) is 10.0 Å². The SMILES string of the molecule is COc1cc(/C=C2\SC(=S)N(c3cccc(Cl)c3)C2=O)ccc1OCc1ccc(Cl)cc1. The van der Waals surface area contributed by atoms with Crippen LogP contribution in [-0.2, 0) is 11.4 Å². The molecular weight excluding hydrogens is 485 g/mol. The highest BCUT2D eigenvalue weighted by Crippen LogP contribution is 2.38. The van der Waals surface area contributed by atoms with Gasteiger partial charge in [0.2, 0.25) is 0 Å². The predicted octanol–water partition coefficient (Wildman–Crippen LogP) is 6.99. The Labute approximate surface area is 205 Å². The van der Waals surface area contributed by atoms with Crippen LogP contribution in [0.1, 0.15) is 11.1 Å². The first-order chi connectivity index (χ1) is 15.4. The van der Waals surface area contributed by atoms with E-state index in [9.17, 15) is 4.79 Å². The number of hydrogen-bond acceptors (Lipinski definition) is 5. The zero-order chi connectivity index (χ0) is 22.7. The Hall–Kier alpha value is -2.51. The third-order valence-electron chi connectivity index (χ3n) is 4.65. The second-order valence-electron chi connectivity index (χ2n) is 6.82. The minimum absolute atomic E-state index is 0.190. The number of nitrogens with zero attached hydrogens (tertiary/aromatic N) is 1. The van der Waals surface area contributed by atoms with E-state index in [1.807, 2.05) is 42.5 Å². The molecule has 32 heavy (non-hydrogen) atoms. The molecule has 1 amide bonds. The van der Waals surface area contributed by atoms with Crippen LogP contribution in [0.4, 0.5) is 5.69 Å². The predicted molar refractivity (Wildman–Crippen MR) is 136 cm³/mol. The van der Waals surface area contributed by atoms with Gasteiger partial charge in [0.05, 0.1) is 17.7 Å². The fourth-order valence-electron chi connectivity index (χ4n) is 3.09. The topological polar surface area (TPSA) is 38.8 Å². The number of amides is 1. The second-order valence-corrected chi connectivity index (χ2v) is 9.37. The first-order valence-electron chi connectivity index (χ1n) is 9.53. The summed E-state index contributed by atoms with van der Waals surface area (Å²) in [7, 11) is 1.58. The Balaban J connectivity index is 1.53. The Kier molecular flexibility index (Phi) is 7.06. The van der Waals surface area contributed by atoms with Gasteiger partial charge < -0.3 is 9.47 Å². The van der Waals surface area contributed by atoms with Crippen LogP contribution < -0.4 is 14.4 Å². The van der Waals surface area contributed by atoms with Crippen molar-refractivity contribution in [2.75, 3.05) is 12.0 Å². The smallest absolute Gasteiger partial charge is 0.270 e. The summed E-state index contributed by atoms with van der Waals surface area (Å²) < 4.78 is 11.8. The van der Waals surface area contributed by atoms with Gasteiger partial charge in [-0.15, -0.1) is 0 Å². The number of benzene rings is 3. The molecule has 0 aromatic heterocycles. The van der Waals surface area contributed by atoms with Crippen molar-refractivity contribution < 1.29 is 14.3 Å². The van der Waals surface area contributed by atoms with E-state index >= 15 is 0 Å². The molecule has 1 aliphatic rings. The third kappa shape index (κ3) is 5.10. The Bertz CT molecular complexity index is 1210. The van der Waals surface area contributed by atoms with Gasteiger partial charge >= 0.3 is 0 Å². The number of halogens is 2. The maximum Gasteiger partial charge on any atom is 0.270 e. The van der Waals surface area contributed by atoms with Crippen molar-refractivity contribution in [2.24, 2.45) is 0 Å². The lowest BCUT2D eigenvalue weighted by Crippen LogP contribution is -2.27. The molecule has 3 aromatic carbocycles. The van der Waals surface area contributed by atoms with E-state index in [4.69, 9.17) is 44.9 Å². The summed E-state index contributed by atoms with van der Waals surface area (Å²) in [6.45, 7) is 0.380. The van der Waals surface area contributed by atoms with Crippen LogP contribution in [0.5, 0.6) is 11.5 Å². The zero-order valence-corrected chi connectivity index (χ0v) is 20.0. The highest BCUT2D eigenvalue weighted by Gasteiger charge is 2.33. The van der Waals surface area contributed by atoms with Gasteiger partial charge in [-0.05, 0) is 59.7 Å². The number of thioether (sulfide) groups is 1. The van der Waals surface area contributed by atoms with Crippen LogP contribution in [0.2, 0.25) is 10.0 Å². The fourth-order valence-corrected chi connectivity index (χ4v) is 4.70. The number of ether oxygens (including phenoxy) is 2. The number of carbonyl (C=O) groups excluding carboxylic acids is 1. The number of anilines is 1. The van der Waals surface area contributed by atoms with E-state index in [2.05, 4.69) is 0 Å². The van der Waals surface area contributed by atoms with Crippen molar-refractivity contribution in [2.45, 2.75) is 6.61 Å². The van der Waals surface area contributed by atoms with E-state index in [0.717, 1.165) is 11.1 Å². The van der Waals surface area contributed by atoms with Gasteiger partial charge in [0.15, 0.2) is 15.8 Å². The van der Waals surface area contributed by atoms with Gasteiger partial charge in [0.1, 0.15) is 6.61 Å². The van der Waals surface area contributed by atoms with Crippen molar-refractivity contribution in [3.8, 4) is 11.5 Å². The molecule has 3 aromatic rings. The van der Waals surface area contributed by atoms with E-state index in [1.54, 1.807) is 37.5 Å². The van der Waals surface area contributed by atoms with E-state index in [-0.39, 0.29) is 5.91 Å². The summed E-state index contributed by atoms with van der Waals surface area (Å²) in [6, 6.07) is 20.0. The molecule has 162 valence electrons. The summed E-state index contributed by atoms with van der Waals surface area (Å²) in [4.78, 5) is 15.0. The Morgan fingerprint density at radius 3 is 2.50 bits per heavy atom. The summed E-state index contributed by atoms with van der Waals surface area (Å²) in [5.74, 6) is 0.980. The lowest BCUT2D eigenvalue weighted by atomic mass is 10.1. The molecule has 0 bridgehead atoms. The van der Waals surface area contributed by atoms with Gasteiger partial charge in [-0.2, -0.15) is 0 Å². The number of rotatable bonds is 6. The minimum atomic E-state index is -0.190. The average molecular weight is 502 g/mol. The van der Waals surface area contributed by atoms with E-state index in [0.29, 0.717) is 43.1 Å². The molecule has 0 N–H and O–H groups in total. The van der Waals surface area contributed by atoms with Gasteiger partial charge in [-0.3, -0.25) is 9.69 Å². The minimum Gasteiger partial charge on any atom is -0.493 e. The van der Waals surface area contributed by atoms with Crippen LogP contribution >= 0.6 is 47.2 Å². The molecule has 1 heterocycles. The number of hydrogen-bond donors (Lipinski definition) is 0. The molecule has 0 saturated carbocycles. The highest BCUT2D eigenvalue weighted by molar-refractivity contribution is 8.27. The molecule has 0 aliphatic carbocycles. The van der Waals surface area contributed by atoms with Crippen molar-refractivity contribution in [1.29, 1.82) is 0 Å². The summed E-state index contributed by atoms with van der Waals surface area (Å²) in [6.07, 6.45) is 1.79. The third-order valence-corrected chi connectivity index (χ3v) is 6.44. The summed E-state index contributed by atoms with van der Waals surface area (Å²) in [5, 5.41) is 1.22. The fraction of sp³-hybridized carbons (Fsp3) is 0.0833. The molecule has 1 saturated heterocycles. The highest BCUT2D eigenvalue weighted by atomic mass is 35.5. The lowest BCUT2D eigenvalue weighted by molar-refractivity contribution is -0.113. The van der Waals surface area contributed by atoms with Crippen molar-refractivity contribution in [3.05, 3.63) is 92.8 Å². The maximum absolute atomic E-state index is 13.0. The van der Waals surface area contributed by atoms with Crippen LogP contribution in [0, 0.1) is 0 Å². The monoisotopic (exact) mass is 501 g/mol. The molecule has 0 atom stereocenters. The Morgan fingerprint density at radius 1 is 1.00 bits per heavy atom. The van der Waals surface area contributed by atoms with Gasteiger partial charge in [-0.25, -0.2) is 0 Å². The molecule has 8 heteroatoms. The first-order valence-corrected chi connectivity index (χ1v) is 11.5. The van der Waals surface area contributed by atoms with Crippen molar-refractivity contribution in [3.63, 3.8) is 0 Å². The number of methoxy groups -OCH3 is 1. The lowest BCUT2D eigenvalue weighted by Gasteiger charge is -2.14. The molecule has 4 rings (SSSR count). The molecule has 0 radical (unpaired) electrons. The Morgan fingerprint density at radius 2 is 1.78 bits per heavy atom. The summed E-state index contributed by atoms with van der Waals surface area (Å²) in [5.41, 5.74) is 2.43. The molecule has 1 fully saturated rings. The average Bonchev–Trinajstić information content (AvgIpc) is 3.06. The van der Waals surface area contributed by atoms with Crippen LogP contribution in [0.3, 0.4) is 0 Å². The summed E-state index contributed by atoms with van der Waals surface area (Å²) >= 11 is 18.7. The largest absolute Gasteiger partial charge is 0.493 e. The van der Waals surface area contributed by atoms with Gasteiger partial charge in [-0.1, -0.05) is 71.4 Å². The second kappa shape index (κ2) is 9.96. The number of thiocarbonyl (C=S) groups is 1. The van der Waals surface area contributed by atoms with E-state index in [1.165, 1.54) is 16.7 Å². The molecule has 4 nitrogen and oxygen atoms in total. The van der Waals surface area contributed by atoms with Crippen LogP contribution in [-0.4, -0.2) is 17.3 Å². The van der Waals surface area contributed by atoms with Crippen LogP contribution in [0.25, 0.3) is 6.08 Å². The quantitative estimate of drug-likeness (QED) is 0.269. The first kappa shape index (κ1) is 22.7. The maximum atomic E-state index is 13.0. The normalized spacial score (nSPS) is 14.8. The number of carbonyl (C=O) groups is 1. The molecule has 1 aliphatic heterocycles. The molecule has 0 spiro atoms. The van der Waals surface area contributed by atoms with Crippen LogP contribution in [0.15, 0.2) is 71.6 Å². The molecule has 0 unspecified atom stereocenters. The standard InChI is InChI=1S/C24H17Cl2NO3S2/c1-29-21-11-16(7-10-20(21)30-14-15-5-8-17(25)9-6-15)12-22-23(28)27(24(31)32-22)19-4-2-3-18(26)13-19/h2-13H,14H2,1H3/b22-12-. The zero-order valence-electron chi connectivity index (χ0n) is 16.9. The van der Waals surface area contributed by atoms with Crippen molar-refractivity contribution in [1.82, 2.24) is 0 Å². The van der Waals surface area contributed by atoms with Crippen molar-refractivity contribution >= 4 is 69.2 Å².